The first-order valence-electron chi connectivity index (χ1n) is 8.02. The van der Waals surface area contributed by atoms with Gasteiger partial charge in [0.25, 0.3) is 0 Å². The molecular weight excluding hydrogens is 306 g/mol. The van der Waals surface area contributed by atoms with E-state index in [4.69, 9.17) is 14.2 Å². The van der Waals surface area contributed by atoms with Crippen LogP contribution in [0.4, 0.5) is 4.79 Å². The second-order valence-corrected chi connectivity index (χ2v) is 7.14. The van der Waals surface area contributed by atoms with E-state index in [9.17, 15) is 4.79 Å². The second kappa shape index (κ2) is 7.25. The zero-order valence-electron chi connectivity index (χ0n) is 14.9. The molecule has 1 aromatic rings. The zero-order valence-corrected chi connectivity index (χ0v) is 14.9. The Kier molecular flexibility index (Phi) is 5.53. The molecule has 1 heterocycles. The number of amides is 1. The van der Waals surface area contributed by atoms with Gasteiger partial charge in [-0.3, -0.25) is 0 Å². The van der Waals surface area contributed by atoms with Crippen LogP contribution in [-0.2, 0) is 14.2 Å². The van der Waals surface area contributed by atoms with Crippen LogP contribution in [0.5, 0.6) is 0 Å². The Hall–Kier alpha value is -2.03. The topological polar surface area (TPSA) is 56.8 Å². The molecule has 0 unspecified atom stereocenters. The van der Waals surface area contributed by atoms with E-state index in [0.717, 1.165) is 5.56 Å². The normalized spacial score (nSPS) is 22.9. The molecule has 0 aromatic heterocycles. The third kappa shape index (κ3) is 5.88. The lowest BCUT2D eigenvalue weighted by Crippen LogP contribution is -2.56. The van der Waals surface area contributed by atoms with Crippen molar-refractivity contribution in [3.8, 4) is 11.8 Å². The standard InChI is InChI=1S/C19H25NO4/c1-18(2,3)24-17(21)20-15-13-22-19(4,5)23-16(15)12-11-14-9-7-6-8-10-14/h6-10,15-16H,13H2,1-5H3,(H,20,21)/t15-,16+/m0/s1. The van der Waals surface area contributed by atoms with Crippen molar-refractivity contribution in [3.63, 3.8) is 0 Å². The average molecular weight is 331 g/mol. The number of carbonyl (C=O) groups is 1. The minimum absolute atomic E-state index is 0.306. The summed E-state index contributed by atoms with van der Waals surface area (Å²) in [5.74, 6) is 5.42. The highest BCUT2D eigenvalue weighted by Gasteiger charge is 2.37. The quantitative estimate of drug-likeness (QED) is 0.804. The Morgan fingerprint density at radius 1 is 1.29 bits per heavy atom. The number of ether oxygens (including phenoxy) is 3. The smallest absolute Gasteiger partial charge is 0.408 e. The van der Waals surface area contributed by atoms with Crippen molar-refractivity contribution in [2.45, 2.75) is 58.2 Å². The molecule has 1 aliphatic heterocycles. The van der Waals surface area contributed by atoms with Crippen molar-refractivity contribution in [1.29, 1.82) is 0 Å². The van der Waals surface area contributed by atoms with Crippen LogP contribution in [0.1, 0.15) is 40.2 Å². The van der Waals surface area contributed by atoms with Crippen molar-refractivity contribution in [3.05, 3.63) is 35.9 Å². The predicted octanol–water partition coefficient (Wildman–Crippen LogP) is 3.08. The molecule has 0 spiro atoms. The van der Waals surface area contributed by atoms with E-state index in [1.54, 1.807) is 0 Å². The Morgan fingerprint density at radius 3 is 2.58 bits per heavy atom. The first kappa shape index (κ1) is 18.3. The van der Waals surface area contributed by atoms with Gasteiger partial charge in [-0.25, -0.2) is 4.79 Å². The summed E-state index contributed by atoms with van der Waals surface area (Å²) in [5, 5.41) is 2.79. The Labute approximate surface area is 143 Å². The molecule has 0 saturated carbocycles. The molecule has 2 atom stereocenters. The number of alkyl carbamates (subject to hydrolysis) is 1. The highest BCUT2D eigenvalue weighted by atomic mass is 16.7. The fourth-order valence-electron chi connectivity index (χ4n) is 2.18. The number of benzene rings is 1. The minimum Gasteiger partial charge on any atom is -0.444 e. The van der Waals surface area contributed by atoms with Crippen molar-refractivity contribution in [2.75, 3.05) is 6.61 Å². The van der Waals surface area contributed by atoms with Gasteiger partial charge in [-0.1, -0.05) is 30.0 Å². The molecule has 2 rings (SSSR count). The monoisotopic (exact) mass is 331 g/mol. The summed E-state index contributed by atoms with van der Waals surface area (Å²) in [6, 6.07) is 9.24. The molecule has 1 N–H and O–H groups in total. The van der Waals surface area contributed by atoms with Gasteiger partial charge < -0.3 is 19.5 Å². The lowest BCUT2D eigenvalue weighted by atomic mass is 10.1. The maximum Gasteiger partial charge on any atom is 0.408 e. The lowest BCUT2D eigenvalue weighted by molar-refractivity contribution is -0.269. The van der Waals surface area contributed by atoms with E-state index in [1.165, 1.54) is 0 Å². The Balaban J connectivity index is 2.10. The van der Waals surface area contributed by atoms with Crippen LogP contribution >= 0.6 is 0 Å². The van der Waals surface area contributed by atoms with Crippen LogP contribution in [0.2, 0.25) is 0 Å². The van der Waals surface area contributed by atoms with Gasteiger partial charge in [0.1, 0.15) is 11.7 Å². The summed E-state index contributed by atoms with van der Waals surface area (Å²) in [4.78, 5) is 12.0. The number of nitrogens with one attached hydrogen (secondary N) is 1. The highest BCUT2D eigenvalue weighted by Crippen LogP contribution is 2.22. The molecule has 24 heavy (non-hydrogen) atoms. The summed E-state index contributed by atoms with van der Waals surface area (Å²) >= 11 is 0. The molecule has 0 bridgehead atoms. The fraction of sp³-hybridized carbons (Fsp3) is 0.526. The van der Waals surface area contributed by atoms with Crippen LogP contribution in [-0.4, -0.2) is 36.2 Å². The largest absolute Gasteiger partial charge is 0.444 e. The maximum atomic E-state index is 12.0. The van der Waals surface area contributed by atoms with Crippen LogP contribution in [0, 0.1) is 11.8 Å². The summed E-state index contributed by atoms with van der Waals surface area (Å²) < 4.78 is 16.8. The van der Waals surface area contributed by atoms with E-state index in [-0.39, 0.29) is 0 Å². The van der Waals surface area contributed by atoms with E-state index in [1.807, 2.05) is 65.0 Å². The minimum atomic E-state index is -0.748. The number of rotatable bonds is 1. The van der Waals surface area contributed by atoms with Crippen molar-refractivity contribution in [1.82, 2.24) is 5.32 Å². The predicted molar refractivity (Wildman–Crippen MR) is 91.4 cm³/mol. The van der Waals surface area contributed by atoms with E-state index in [2.05, 4.69) is 17.2 Å². The first-order chi connectivity index (χ1) is 11.1. The Morgan fingerprint density at radius 2 is 1.96 bits per heavy atom. The molecule has 0 radical (unpaired) electrons. The molecule has 5 heteroatoms. The van der Waals surface area contributed by atoms with Crippen molar-refractivity contribution in [2.24, 2.45) is 0 Å². The molecular formula is C19H25NO4. The lowest BCUT2D eigenvalue weighted by Gasteiger charge is -2.39. The third-order valence-electron chi connectivity index (χ3n) is 3.22. The molecule has 1 amide bonds. The maximum absolute atomic E-state index is 12.0. The SMILES string of the molecule is CC(C)(C)OC(=O)N[C@H]1COC(C)(C)O[C@@H]1C#Cc1ccccc1. The Bertz CT molecular complexity index is 622. The van der Waals surface area contributed by atoms with Gasteiger partial charge in [0.05, 0.1) is 12.6 Å². The van der Waals surface area contributed by atoms with Gasteiger partial charge in [0.2, 0.25) is 0 Å². The van der Waals surface area contributed by atoms with Gasteiger partial charge in [-0.15, -0.1) is 0 Å². The number of carbonyl (C=O) groups excluding carboxylic acids is 1. The second-order valence-electron chi connectivity index (χ2n) is 7.14. The number of hydrogen-bond acceptors (Lipinski definition) is 4. The molecule has 1 saturated heterocycles. The molecule has 1 fully saturated rings. The molecule has 1 aliphatic rings. The molecule has 1 aromatic carbocycles. The van der Waals surface area contributed by atoms with E-state index in [0.29, 0.717) is 6.61 Å². The first-order valence-corrected chi connectivity index (χ1v) is 8.02. The molecule has 130 valence electrons. The van der Waals surface area contributed by atoms with Gasteiger partial charge in [-0.2, -0.15) is 0 Å². The number of hydrogen-bond donors (Lipinski definition) is 1. The summed E-state index contributed by atoms with van der Waals surface area (Å²) in [7, 11) is 0. The zero-order chi connectivity index (χ0) is 17.8. The van der Waals surface area contributed by atoms with Crippen LogP contribution in [0.25, 0.3) is 0 Å². The summed E-state index contributed by atoms with van der Waals surface area (Å²) in [6.07, 6.45) is -0.993. The summed E-state index contributed by atoms with van der Waals surface area (Å²) in [5.41, 5.74) is 0.326. The fourth-order valence-corrected chi connectivity index (χ4v) is 2.18. The van der Waals surface area contributed by atoms with Gasteiger partial charge in [-0.05, 0) is 46.8 Å². The third-order valence-corrected chi connectivity index (χ3v) is 3.22. The summed E-state index contributed by atoms with van der Waals surface area (Å²) in [6.45, 7) is 9.41. The van der Waals surface area contributed by atoms with E-state index < -0.39 is 29.6 Å². The molecule has 0 aliphatic carbocycles. The van der Waals surface area contributed by atoms with Crippen LogP contribution in [0.3, 0.4) is 0 Å². The molecule has 5 nitrogen and oxygen atoms in total. The van der Waals surface area contributed by atoms with Gasteiger partial charge >= 0.3 is 6.09 Å². The van der Waals surface area contributed by atoms with Gasteiger partial charge in [0.15, 0.2) is 5.79 Å². The van der Waals surface area contributed by atoms with Crippen molar-refractivity contribution < 1.29 is 19.0 Å². The van der Waals surface area contributed by atoms with Gasteiger partial charge in [0, 0.05) is 5.56 Å². The van der Waals surface area contributed by atoms with Crippen molar-refractivity contribution >= 4 is 6.09 Å². The average Bonchev–Trinajstić information content (AvgIpc) is 2.46. The van der Waals surface area contributed by atoms with E-state index >= 15 is 0 Å². The van der Waals surface area contributed by atoms with Crippen LogP contribution < -0.4 is 5.32 Å². The van der Waals surface area contributed by atoms with Crippen LogP contribution in [0.15, 0.2) is 30.3 Å². The highest BCUT2D eigenvalue weighted by molar-refractivity contribution is 5.68.